The third-order valence-corrected chi connectivity index (χ3v) is 11.9. The minimum atomic E-state index is -0.271. The molecule has 292 valence electrons. The smallest absolute Gasteiger partial charge is 0.145 e. The summed E-state index contributed by atoms with van der Waals surface area (Å²) in [5.74, 6) is 0. The predicted molar refractivity (Wildman–Crippen MR) is 260 cm³/mol. The lowest BCUT2D eigenvalue weighted by Crippen LogP contribution is -2.25. The fourth-order valence-corrected chi connectivity index (χ4v) is 8.72. The molecular formula is C59H41N3. The molecule has 0 radical (unpaired) electrons. The maximum absolute atomic E-state index is 5.38. The molecule has 9 aromatic carbocycles. The average Bonchev–Trinajstić information content (AvgIpc) is 3.37. The van der Waals surface area contributed by atoms with Gasteiger partial charge in [0.1, 0.15) is 6.17 Å². The van der Waals surface area contributed by atoms with E-state index in [1.807, 2.05) is 6.07 Å². The molecule has 1 aliphatic rings. The van der Waals surface area contributed by atoms with Crippen molar-refractivity contribution in [3.63, 3.8) is 0 Å². The van der Waals surface area contributed by atoms with E-state index in [2.05, 4.69) is 236 Å². The third-order valence-electron chi connectivity index (χ3n) is 11.9. The summed E-state index contributed by atoms with van der Waals surface area (Å²) in [6, 6.07) is 82.0. The highest BCUT2D eigenvalue weighted by Crippen LogP contribution is 2.39. The van der Waals surface area contributed by atoms with Gasteiger partial charge in [0.25, 0.3) is 0 Å². The Kier molecular flexibility index (Phi) is 9.61. The van der Waals surface area contributed by atoms with Gasteiger partial charge in [0, 0.05) is 22.2 Å². The Morgan fingerprint density at radius 3 is 1.55 bits per heavy atom. The number of nitrogens with zero attached hydrogens (tertiary/aromatic N) is 2. The van der Waals surface area contributed by atoms with Crippen molar-refractivity contribution in [1.82, 2.24) is 10.3 Å². The second-order valence-corrected chi connectivity index (χ2v) is 15.8. The number of benzene rings is 9. The van der Waals surface area contributed by atoms with Crippen molar-refractivity contribution >= 4 is 33.1 Å². The Balaban J connectivity index is 1.04. The number of hydrogen-bond donors (Lipinski definition) is 1. The standard InChI is InChI=1S/C59H41N3/c1-6-17-40(18-7-1)49-34-50(41-19-8-2-9-20-41)36-51(35-49)57-39-56(61-59(62-57)45-25-14-5-15-26-45)48-28-16-27-46(33-48)47-30-29-43-31-32-54-58(52(43)37-47)53(42-21-10-3-11-22-42)38-55(60-54)44-23-12-4-13-24-44/h1-39,59,62H. The molecule has 1 atom stereocenters. The van der Waals surface area contributed by atoms with Gasteiger partial charge in [0.05, 0.1) is 16.9 Å². The van der Waals surface area contributed by atoms with Gasteiger partial charge in [-0.3, -0.25) is 4.99 Å². The molecule has 2 heterocycles. The molecule has 0 spiro atoms. The summed E-state index contributed by atoms with van der Waals surface area (Å²) in [5.41, 5.74) is 17.6. The first-order chi connectivity index (χ1) is 30.7. The fourth-order valence-electron chi connectivity index (χ4n) is 8.72. The van der Waals surface area contributed by atoms with Gasteiger partial charge >= 0.3 is 0 Å². The van der Waals surface area contributed by atoms with E-state index in [-0.39, 0.29) is 6.17 Å². The van der Waals surface area contributed by atoms with Gasteiger partial charge in [0.15, 0.2) is 0 Å². The van der Waals surface area contributed by atoms with Crippen molar-refractivity contribution in [2.45, 2.75) is 6.17 Å². The first-order valence-electron chi connectivity index (χ1n) is 21.2. The summed E-state index contributed by atoms with van der Waals surface area (Å²) in [4.78, 5) is 10.6. The maximum Gasteiger partial charge on any atom is 0.145 e. The van der Waals surface area contributed by atoms with Crippen molar-refractivity contribution in [3.05, 3.63) is 253 Å². The first-order valence-corrected chi connectivity index (χ1v) is 21.2. The second kappa shape index (κ2) is 16.1. The van der Waals surface area contributed by atoms with Crippen LogP contribution in [-0.4, -0.2) is 10.7 Å². The Labute approximate surface area is 362 Å². The van der Waals surface area contributed by atoms with Crippen LogP contribution in [0.3, 0.4) is 0 Å². The van der Waals surface area contributed by atoms with Gasteiger partial charge in [-0.05, 0) is 115 Å². The normalized spacial score (nSPS) is 13.6. The van der Waals surface area contributed by atoms with Crippen molar-refractivity contribution in [3.8, 4) is 55.8 Å². The highest BCUT2D eigenvalue weighted by atomic mass is 15.1. The van der Waals surface area contributed by atoms with Crippen molar-refractivity contribution in [1.29, 1.82) is 0 Å². The minimum Gasteiger partial charge on any atom is -0.360 e. The van der Waals surface area contributed by atoms with Crippen LogP contribution >= 0.6 is 0 Å². The number of pyridine rings is 1. The zero-order chi connectivity index (χ0) is 41.2. The fraction of sp³-hybridized carbons (Fsp3) is 0.0169. The largest absolute Gasteiger partial charge is 0.360 e. The van der Waals surface area contributed by atoms with E-state index in [0.717, 1.165) is 72.5 Å². The topological polar surface area (TPSA) is 37.3 Å². The number of rotatable bonds is 8. The number of aliphatic imine (C=N–C) groups is 1. The van der Waals surface area contributed by atoms with Crippen LogP contribution in [0.4, 0.5) is 0 Å². The van der Waals surface area contributed by atoms with Crippen LogP contribution in [0.2, 0.25) is 0 Å². The molecule has 0 bridgehead atoms. The monoisotopic (exact) mass is 791 g/mol. The number of fused-ring (bicyclic) bond motifs is 3. The van der Waals surface area contributed by atoms with E-state index in [4.69, 9.17) is 9.98 Å². The minimum absolute atomic E-state index is 0.271. The summed E-state index contributed by atoms with van der Waals surface area (Å²) in [6.45, 7) is 0. The van der Waals surface area contributed by atoms with Crippen LogP contribution in [0.1, 0.15) is 22.9 Å². The van der Waals surface area contributed by atoms with E-state index < -0.39 is 0 Å². The zero-order valence-corrected chi connectivity index (χ0v) is 34.0. The lowest BCUT2D eigenvalue weighted by atomic mass is 9.92. The summed E-state index contributed by atoms with van der Waals surface area (Å²) < 4.78 is 0. The molecule has 1 unspecified atom stereocenters. The van der Waals surface area contributed by atoms with Crippen LogP contribution in [0.15, 0.2) is 242 Å². The molecule has 1 aromatic heterocycles. The maximum atomic E-state index is 5.38. The summed E-state index contributed by atoms with van der Waals surface area (Å²) in [5, 5.41) is 7.33. The SMILES string of the molecule is C1=C(c2cc(-c3ccccc3)cc(-c3ccccc3)c2)NC(c2ccccc2)N=C1c1cccc(-c2ccc3ccc4nc(-c5ccccc5)cc(-c5ccccc5)c4c3c2)c1. The van der Waals surface area contributed by atoms with Gasteiger partial charge < -0.3 is 5.32 Å². The van der Waals surface area contributed by atoms with Gasteiger partial charge in [-0.1, -0.05) is 188 Å². The molecular weight excluding hydrogens is 751 g/mol. The van der Waals surface area contributed by atoms with E-state index >= 15 is 0 Å². The number of aromatic nitrogens is 1. The molecule has 11 rings (SSSR count). The van der Waals surface area contributed by atoms with Gasteiger partial charge in [0.2, 0.25) is 0 Å². The lowest BCUT2D eigenvalue weighted by Gasteiger charge is -2.26. The summed E-state index contributed by atoms with van der Waals surface area (Å²) >= 11 is 0. The molecule has 0 saturated heterocycles. The van der Waals surface area contributed by atoms with Crippen molar-refractivity contribution < 1.29 is 0 Å². The van der Waals surface area contributed by atoms with Gasteiger partial charge in [-0.2, -0.15) is 0 Å². The van der Waals surface area contributed by atoms with E-state index in [0.29, 0.717) is 0 Å². The number of hydrogen-bond acceptors (Lipinski definition) is 3. The average molecular weight is 792 g/mol. The summed E-state index contributed by atoms with van der Waals surface area (Å²) in [7, 11) is 0. The molecule has 0 fully saturated rings. The van der Waals surface area contributed by atoms with Crippen LogP contribution in [0.5, 0.6) is 0 Å². The number of nitrogens with one attached hydrogen (secondary N) is 1. The molecule has 0 aliphatic carbocycles. The Hall–Kier alpha value is -8.14. The summed E-state index contributed by atoms with van der Waals surface area (Å²) in [6.07, 6.45) is 1.94. The first kappa shape index (κ1) is 36.9. The Bertz CT molecular complexity index is 3230. The molecule has 62 heavy (non-hydrogen) atoms. The van der Waals surface area contributed by atoms with Gasteiger partial charge in [-0.15, -0.1) is 0 Å². The van der Waals surface area contributed by atoms with E-state index in [9.17, 15) is 0 Å². The van der Waals surface area contributed by atoms with E-state index in [1.165, 1.54) is 33.0 Å². The molecule has 3 nitrogen and oxygen atoms in total. The molecule has 0 saturated carbocycles. The quantitative estimate of drug-likeness (QED) is 0.156. The van der Waals surface area contributed by atoms with Gasteiger partial charge in [-0.25, -0.2) is 4.98 Å². The van der Waals surface area contributed by atoms with Crippen LogP contribution in [0, 0.1) is 0 Å². The van der Waals surface area contributed by atoms with Crippen molar-refractivity contribution in [2.24, 2.45) is 4.99 Å². The van der Waals surface area contributed by atoms with Crippen LogP contribution in [0.25, 0.3) is 83.1 Å². The molecule has 3 heteroatoms. The van der Waals surface area contributed by atoms with Crippen LogP contribution < -0.4 is 5.32 Å². The second-order valence-electron chi connectivity index (χ2n) is 15.8. The van der Waals surface area contributed by atoms with Crippen LogP contribution in [-0.2, 0) is 0 Å². The number of allylic oxidation sites excluding steroid dienone is 1. The Morgan fingerprint density at radius 1 is 0.371 bits per heavy atom. The molecule has 10 aromatic rings. The highest BCUT2D eigenvalue weighted by Gasteiger charge is 2.21. The Morgan fingerprint density at radius 2 is 0.887 bits per heavy atom. The molecule has 0 amide bonds. The third kappa shape index (κ3) is 7.27. The van der Waals surface area contributed by atoms with E-state index in [1.54, 1.807) is 0 Å². The lowest BCUT2D eigenvalue weighted by molar-refractivity contribution is 0.664. The van der Waals surface area contributed by atoms with Crippen molar-refractivity contribution in [2.75, 3.05) is 0 Å². The predicted octanol–water partition coefficient (Wildman–Crippen LogP) is 14.9. The highest BCUT2D eigenvalue weighted by molar-refractivity contribution is 6.16. The molecule has 1 N–H and O–H groups in total. The molecule has 1 aliphatic heterocycles. The zero-order valence-electron chi connectivity index (χ0n) is 34.0.